The Kier molecular flexibility index (Phi) is 4.27. The van der Waals surface area contributed by atoms with Gasteiger partial charge in [-0.1, -0.05) is 0 Å². The molecular weight excluding hydrogens is 314 g/mol. The number of hydrogen-bond acceptors (Lipinski definition) is 5. The Morgan fingerprint density at radius 2 is 1.92 bits per heavy atom. The molecule has 6 nitrogen and oxygen atoms in total. The van der Waals surface area contributed by atoms with Gasteiger partial charge in [-0.15, -0.1) is 0 Å². The maximum Gasteiger partial charge on any atom is 0.256 e. The van der Waals surface area contributed by atoms with Crippen molar-refractivity contribution in [1.29, 1.82) is 0 Å². The van der Waals surface area contributed by atoms with E-state index >= 15 is 0 Å². The summed E-state index contributed by atoms with van der Waals surface area (Å²) in [5.74, 6) is 1.67. The van der Waals surface area contributed by atoms with Gasteiger partial charge in [-0.25, -0.2) is 15.0 Å². The van der Waals surface area contributed by atoms with Crippen molar-refractivity contribution in [3.05, 3.63) is 45.5 Å². The predicted molar refractivity (Wildman–Crippen MR) is 97.0 cm³/mol. The average molecular weight is 339 g/mol. The summed E-state index contributed by atoms with van der Waals surface area (Å²) >= 11 is 0. The second-order valence-electron chi connectivity index (χ2n) is 7.32. The van der Waals surface area contributed by atoms with Gasteiger partial charge in [0.2, 0.25) is 0 Å². The molecule has 0 unspecified atom stereocenters. The first-order valence-corrected chi connectivity index (χ1v) is 9.24. The highest BCUT2D eigenvalue weighted by molar-refractivity contribution is 5.50. The maximum atomic E-state index is 12.4. The third kappa shape index (κ3) is 3.05. The zero-order chi connectivity index (χ0) is 17.4. The van der Waals surface area contributed by atoms with Crippen LogP contribution in [0.4, 0.5) is 5.82 Å². The van der Waals surface area contributed by atoms with Crippen molar-refractivity contribution >= 4 is 5.82 Å². The summed E-state index contributed by atoms with van der Waals surface area (Å²) in [6, 6.07) is 0. The Hall–Kier alpha value is -2.24. The number of aromatic nitrogens is 4. The van der Waals surface area contributed by atoms with E-state index in [-0.39, 0.29) is 5.56 Å². The van der Waals surface area contributed by atoms with Crippen molar-refractivity contribution in [3.63, 3.8) is 0 Å². The van der Waals surface area contributed by atoms with Crippen LogP contribution in [0.5, 0.6) is 0 Å². The van der Waals surface area contributed by atoms with Gasteiger partial charge in [0, 0.05) is 42.1 Å². The molecule has 2 aromatic heterocycles. The summed E-state index contributed by atoms with van der Waals surface area (Å²) < 4.78 is 1.78. The standard InChI is InChI=1S/C19H25N5O/c1-13-14(2)22-12-24(19(13)25)10-15-6-8-23(9-7-15)18-16-4-3-5-17(16)20-11-21-18/h11-12,15H,3-10H2,1-2H3. The van der Waals surface area contributed by atoms with Crippen molar-refractivity contribution in [2.75, 3.05) is 18.0 Å². The van der Waals surface area contributed by atoms with E-state index in [0.29, 0.717) is 5.92 Å². The van der Waals surface area contributed by atoms with Gasteiger partial charge in [0.15, 0.2) is 0 Å². The van der Waals surface area contributed by atoms with Gasteiger partial charge in [0.05, 0.1) is 6.33 Å². The van der Waals surface area contributed by atoms with Crippen molar-refractivity contribution in [1.82, 2.24) is 19.5 Å². The van der Waals surface area contributed by atoms with Gasteiger partial charge in [0.25, 0.3) is 5.56 Å². The number of nitrogens with zero attached hydrogens (tertiary/aromatic N) is 5. The van der Waals surface area contributed by atoms with Crippen LogP contribution < -0.4 is 10.5 Å². The molecule has 3 heterocycles. The molecule has 132 valence electrons. The van der Waals surface area contributed by atoms with Crippen LogP contribution in [0.25, 0.3) is 0 Å². The van der Waals surface area contributed by atoms with Crippen LogP contribution in [-0.4, -0.2) is 32.6 Å². The SMILES string of the molecule is Cc1ncn(CC2CCN(c3ncnc4c3CCC4)CC2)c(=O)c1C. The smallest absolute Gasteiger partial charge is 0.256 e. The monoisotopic (exact) mass is 339 g/mol. The topological polar surface area (TPSA) is 63.9 Å². The minimum Gasteiger partial charge on any atom is -0.356 e. The lowest BCUT2D eigenvalue weighted by atomic mass is 9.96. The maximum absolute atomic E-state index is 12.4. The van der Waals surface area contributed by atoms with Crippen LogP contribution in [0.3, 0.4) is 0 Å². The van der Waals surface area contributed by atoms with Crippen LogP contribution in [0.1, 0.15) is 41.8 Å². The second-order valence-corrected chi connectivity index (χ2v) is 7.32. The van der Waals surface area contributed by atoms with Gasteiger partial charge in [0.1, 0.15) is 12.1 Å². The van der Waals surface area contributed by atoms with Crippen molar-refractivity contribution in [3.8, 4) is 0 Å². The zero-order valence-electron chi connectivity index (χ0n) is 15.0. The molecule has 25 heavy (non-hydrogen) atoms. The number of rotatable bonds is 3. The van der Waals surface area contributed by atoms with Crippen molar-refractivity contribution < 1.29 is 0 Å². The fraction of sp³-hybridized carbons (Fsp3) is 0.579. The van der Waals surface area contributed by atoms with Crippen LogP contribution >= 0.6 is 0 Å². The summed E-state index contributed by atoms with van der Waals surface area (Å²) in [7, 11) is 0. The van der Waals surface area contributed by atoms with E-state index in [4.69, 9.17) is 0 Å². The van der Waals surface area contributed by atoms with E-state index in [0.717, 1.165) is 62.4 Å². The van der Waals surface area contributed by atoms with Crippen LogP contribution in [0.2, 0.25) is 0 Å². The molecule has 0 bridgehead atoms. The number of fused-ring (bicyclic) bond motifs is 1. The number of hydrogen-bond donors (Lipinski definition) is 0. The van der Waals surface area contributed by atoms with E-state index in [9.17, 15) is 4.79 Å². The largest absolute Gasteiger partial charge is 0.356 e. The quantitative estimate of drug-likeness (QED) is 0.856. The number of anilines is 1. The molecule has 0 radical (unpaired) electrons. The molecule has 1 aliphatic carbocycles. The van der Waals surface area contributed by atoms with Gasteiger partial charge >= 0.3 is 0 Å². The lowest BCUT2D eigenvalue weighted by Crippen LogP contribution is -2.37. The van der Waals surface area contributed by atoms with Gasteiger partial charge in [-0.05, 0) is 51.9 Å². The molecule has 1 saturated heterocycles. The van der Waals surface area contributed by atoms with E-state index in [1.165, 1.54) is 17.7 Å². The van der Waals surface area contributed by atoms with Crippen molar-refractivity contribution in [2.24, 2.45) is 5.92 Å². The molecule has 4 rings (SSSR count). The highest BCUT2D eigenvalue weighted by atomic mass is 16.1. The Morgan fingerprint density at radius 3 is 2.72 bits per heavy atom. The molecule has 0 amide bonds. The Bertz CT molecular complexity index is 836. The first-order valence-electron chi connectivity index (χ1n) is 9.24. The summed E-state index contributed by atoms with van der Waals surface area (Å²) in [5.41, 5.74) is 4.28. The normalized spacial score (nSPS) is 17.8. The van der Waals surface area contributed by atoms with E-state index < -0.39 is 0 Å². The molecule has 0 spiro atoms. The second kappa shape index (κ2) is 6.58. The number of piperidine rings is 1. The first kappa shape index (κ1) is 16.2. The summed E-state index contributed by atoms with van der Waals surface area (Å²) in [4.78, 5) is 28.1. The summed E-state index contributed by atoms with van der Waals surface area (Å²) in [5, 5.41) is 0. The summed E-state index contributed by atoms with van der Waals surface area (Å²) in [6.07, 6.45) is 8.97. The molecule has 2 aromatic rings. The highest BCUT2D eigenvalue weighted by Gasteiger charge is 2.25. The predicted octanol–water partition coefficient (Wildman–Crippen LogP) is 2.06. The fourth-order valence-electron chi connectivity index (χ4n) is 4.03. The molecule has 1 fully saturated rings. The van der Waals surface area contributed by atoms with Gasteiger partial charge in [-0.2, -0.15) is 0 Å². The van der Waals surface area contributed by atoms with Crippen LogP contribution in [0, 0.1) is 19.8 Å². The molecule has 6 heteroatoms. The van der Waals surface area contributed by atoms with Crippen LogP contribution in [-0.2, 0) is 19.4 Å². The zero-order valence-corrected chi connectivity index (χ0v) is 15.0. The molecule has 1 aliphatic heterocycles. The van der Waals surface area contributed by atoms with Gasteiger partial charge in [-0.3, -0.25) is 9.36 Å². The molecule has 0 aromatic carbocycles. The number of aryl methyl sites for hydroxylation is 2. The average Bonchev–Trinajstić information content (AvgIpc) is 3.12. The molecule has 0 atom stereocenters. The fourth-order valence-corrected chi connectivity index (χ4v) is 4.03. The van der Waals surface area contributed by atoms with E-state index in [2.05, 4.69) is 19.9 Å². The van der Waals surface area contributed by atoms with Gasteiger partial charge < -0.3 is 4.90 Å². The van der Waals surface area contributed by atoms with E-state index in [1.807, 2.05) is 13.8 Å². The summed E-state index contributed by atoms with van der Waals surface area (Å²) in [6.45, 7) is 6.52. The van der Waals surface area contributed by atoms with E-state index in [1.54, 1.807) is 17.2 Å². The molecule has 0 saturated carbocycles. The lowest BCUT2D eigenvalue weighted by molar-refractivity contribution is 0.349. The lowest BCUT2D eigenvalue weighted by Gasteiger charge is -2.34. The third-order valence-corrected chi connectivity index (χ3v) is 5.74. The Labute approximate surface area is 148 Å². The molecule has 2 aliphatic rings. The Balaban J connectivity index is 1.43. The first-order chi connectivity index (χ1) is 12.1. The van der Waals surface area contributed by atoms with Crippen LogP contribution in [0.15, 0.2) is 17.4 Å². The van der Waals surface area contributed by atoms with Crippen molar-refractivity contribution in [2.45, 2.75) is 52.5 Å². The molecule has 0 N–H and O–H groups in total. The minimum atomic E-state index is 0.101. The Morgan fingerprint density at radius 1 is 1.12 bits per heavy atom. The molecular formula is C19H25N5O. The minimum absolute atomic E-state index is 0.101. The highest BCUT2D eigenvalue weighted by Crippen LogP contribution is 2.30. The third-order valence-electron chi connectivity index (χ3n) is 5.74.